The number of hydrogen-bond donors (Lipinski definition) is 2. The fourth-order valence-corrected chi connectivity index (χ4v) is 4.82. The Hall–Kier alpha value is -3.10. The summed E-state index contributed by atoms with van der Waals surface area (Å²) in [7, 11) is -2.13. The molecule has 2 aromatic carbocycles. The Morgan fingerprint density at radius 3 is 2.59 bits per heavy atom. The second-order valence-corrected chi connectivity index (χ2v) is 9.67. The number of ether oxygens (including phenoxy) is 2. The number of hydrogen-bond acceptors (Lipinski definition) is 7. The van der Waals surface area contributed by atoms with E-state index in [1.54, 1.807) is 7.11 Å². The average Bonchev–Trinajstić information content (AvgIpc) is 2.86. The van der Waals surface area contributed by atoms with Gasteiger partial charge in [-0.2, -0.15) is 9.57 Å². The highest BCUT2D eigenvalue weighted by molar-refractivity contribution is 7.89. The number of morpholine rings is 1. The van der Waals surface area contributed by atoms with Gasteiger partial charge in [0.15, 0.2) is 0 Å². The molecule has 0 unspecified atom stereocenters. The van der Waals surface area contributed by atoms with E-state index in [0.29, 0.717) is 26.2 Å². The lowest BCUT2D eigenvalue weighted by Crippen LogP contribution is -2.40. The van der Waals surface area contributed by atoms with Crippen molar-refractivity contribution in [2.75, 3.05) is 45.3 Å². The molecule has 0 aromatic heterocycles. The first kappa shape index (κ1) is 25.5. The standard InChI is InChI=1S/C23H25ClN4O5S/c1-32-19-4-2-17(3-5-19)8-9-26-23(29)18(15-25)16-27-22-14-20(6-7-21(22)24)34(30,31)28-10-12-33-13-11-28/h2-7,14,16,27H,8-13H2,1H3,(H,26,29)/b18-16-. The van der Waals surface area contributed by atoms with Crippen LogP contribution in [0.5, 0.6) is 5.75 Å². The van der Waals surface area contributed by atoms with Gasteiger partial charge in [-0.25, -0.2) is 8.42 Å². The van der Waals surface area contributed by atoms with Gasteiger partial charge in [0, 0.05) is 25.8 Å². The first-order valence-corrected chi connectivity index (χ1v) is 12.3. The number of rotatable bonds is 9. The summed E-state index contributed by atoms with van der Waals surface area (Å²) in [5, 5.41) is 15.1. The summed E-state index contributed by atoms with van der Waals surface area (Å²) in [6.45, 7) is 1.53. The smallest absolute Gasteiger partial charge is 0.263 e. The van der Waals surface area contributed by atoms with E-state index in [2.05, 4.69) is 10.6 Å². The van der Waals surface area contributed by atoms with Gasteiger partial charge in [0.25, 0.3) is 5.91 Å². The minimum Gasteiger partial charge on any atom is -0.497 e. The third-order valence-corrected chi connectivity index (χ3v) is 7.37. The van der Waals surface area contributed by atoms with Crippen molar-refractivity contribution in [3.8, 4) is 11.8 Å². The van der Waals surface area contributed by atoms with Crippen molar-refractivity contribution < 1.29 is 22.7 Å². The summed E-state index contributed by atoms with van der Waals surface area (Å²) in [6.07, 6.45) is 1.78. The molecule has 1 aliphatic rings. The van der Waals surface area contributed by atoms with Crippen LogP contribution in [-0.4, -0.2) is 58.6 Å². The Morgan fingerprint density at radius 1 is 1.24 bits per heavy atom. The summed E-state index contributed by atoms with van der Waals surface area (Å²) < 4.78 is 37.4. The van der Waals surface area contributed by atoms with Gasteiger partial charge in [-0.05, 0) is 42.3 Å². The van der Waals surface area contributed by atoms with Gasteiger partial charge >= 0.3 is 0 Å². The molecule has 34 heavy (non-hydrogen) atoms. The molecule has 1 heterocycles. The highest BCUT2D eigenvalue weighted by Gasteiger charge is 2.26. The summed E-state index contributed by atoms with van der Waals surface area (Å²) in [5.41, 5.74) is 1.09. The number of nitrogens with zero attached hydrogens (tertiary/aromatic N) is 2. The predicted octanol–water partition coefficient (Wildman–Crippen LogP) is 2.55. The molecule has 180 valence electrons. The van der Waals surface area contributed by atoms with Crippen molar-refractivity contribution in [2.24, 2.45) is 0 Å². The van der Waals surface area contributed by atoms with E-state index in [0.717, 1.165) is 11.3 Å². The molecule has 0 atom stereocenters. The molecule has 2 aromatic rings. The topological polar surface area (TPSA) is 121 Å². The Bertz CT molecular complexity index is 1190. The summed E-state index contributed by atoms with van der Waals surface area (Å²) in [4.78, 5) is 12.4. The van der Waals surface area contributed by atoms with E-state index in [1.165, 1.54) is 28.7 Å². The molecule has 0 saturated carbocycles. The number of benzene rings is 2. The van der Waals surface area contributed by atoms with Crippen molar-refractivity contribution in [2.45, 2.75) is 11.3 Å². The molecule has 9 nitrogen and oxygen atoms in total. The molecule has 0 radical (unpaired) electrons. The molecule has 0 spiro atoms. The normalized spacial score (nSPS) is 14.8. The van der Waals surface area contributed by atoms with Crippen molar-refractivity contribution in [1.82, 2.24) is 9.62 Å². The van der Waals surface area contributed by atoms with Crippen LogP contribution in [0.1, 0.15) is 5.56 Å². The number of anilines is 1. The zero-order valence-electron chi connectivity index (χ0n) is 18.6. The zero-order valence-corrected chi connectivity index (χ0v) is 20.2. The molecule has 1 saturated heterocycles. The maximum absolute atomic E-state index is 12.9. The monoisotopic (exact) mass is 504 g/mol. The number of nitriles is 1. The molecule has 1 amide bonds. The van der Waals surface area contributed by atoms with Crippen LogP contribution < -0.4 is 15.4 Å². The molecule has 3 rings (SSSR count). The molecule has 0 aliphatic carbocycles. The lowest BCUT2D eigenvalue weighted by molar-refractivity contribution is -0.117. The molecule has 2 N–H and O–H groups in total. The van der Waals surface area contributed by atoms with Gasteiger partial charge in [0.2, 0.25) is 10.0 Å². The van der Waals surface area contributed by atoms with Crippen LogP contribution in [0, 0.1) is 11.3 Å². The van der Waals surface area contributed by atoms with Crippen LogP contribution in [0.4, 0.5) is 5.69 Å². The number of carbonyl (C=O) groups is 1. The minimum absolute atomic E-state index is 0.0529. The maximum Gasteiger partial charge on any atom is 0.263 e. The highest BCUT2D eigenvalue weighted by atomic mass is 35.5. The fraction of sp³-hybridized carbons (Fsp3) is 0.304. The Labute approximate surface area is 204 Å². The number of nitrogens with one attached hydrogen (secondary N) is 2. The molecule has 1 fully saturated rings. The average molecular weight is 505 g/mol. The third-order valence-electron chi connectivity index (χ3n) is 5.14. The van der Waals surface area contributed by atoms with Crippen LogP contribution in [-0.2, 0) is 26.0 Å². The first-order valence-electron chi connectivity index (χ1n) is 10.5. The van der Waals surface area contributed by atoms with Gasteiger partial charge in [-0.3, -0.25) is 4.79 Å². The van der Waals surface area contributed by atoms with E-state index in [9.17, 15) is 18.5 Å². The summed E-state index contributed by atoms with van der Waals surface area (Å²) in [5.74, 6) is 0.186. The quantitative estimate of drug-likeness (QED) is 0.397. The Morgan fingerprint density at radius 2 is 1.94 bits per heavy atom. The number of sulfonamides is 1. The van der Waals surface area contributed by atoms with Crippen molar-refractivity contribution in [3.05, 3.63) is 64.8 Å². The van der Waals surface area contributed by atoms with Gasteiger partial charge in [0.1, 0.15) is 17.4 Å². The molecule has 11 heteroatoms. The highest BCUT2D eigenvalue weighted by Crippen LogP contribution is 2.27. The van der Waals surface area contributed by atoms with E-state index in [4.69, 9.17) is 21.1 Å². The SMILES string of the molecule is COc1ccc(CCNC(=O)/C(C#N)=C\Nc2cc(S(=O)(=O)N3CCOCC3)ccc2Cl)cc1. The fourth-order valence-electron chi connectivity index (χ4n) is 3.22. The number of amides is 1. The van der Waals surface area contributed by atoms with Crippen molar-refractivity contribution in [1.29, 1.82) is 5.26 Å². The Kier molecular flexibility index (Phi) is 8.90. The number of methoxy groups -OCH3 is 1. The minimum atomic E-state index is -3.72. The molecular weight excluding hydrogens is 480 g/mol. The van der Waals surface area contributed by atoms with Crippen LogP contribution >= 0.6 is 11.6 Å². The second kappa shape index (κ2) is 11.9. The zero-order chi connectivity index (χ0) is 24.6. The predicted molar refractivity (Wildman–Crippen MR) is 128 cm³/mol. The van der Waals surface area contributed by atoms with Gasteiger partial charge in [-0.1, -0.05) is 23.7 Å². The lowest BCUT2D eigenvalue weighted by Gasteiger charge is -2.26. The third kappa shape index (κ3) is 6.48. The number of carbonyl (C=O) groups excluding carboxylic acids is 1. The molecule has 1 aliphatic heterocycles. The van der Waals surface area contributed by atoms with E-state index >= 15 is 0 Å². The van der Waals surface area contributed by atoms with Crippen molar-refractivity contribution in [3.63, 3.8) is 0 Å². The van der Waals surface area contributed by atoms with E-state index in [-0.39, 0.29) is 34.3 Å². The van der Waals surface area contributed by atoms with Gasteiger partial charge in [-0.15, -0.1) is 0 Å². The number of halogens is 1. The van der Waals surface area contributed by atoms with Gasteiger partial charge in [0.05, 0.1) is 35.9 Å². The summed E-state index contributed by atoms with van der Waals surface area (Å²) >= 11 is 6.20. The molecular formula is C23H25ClN4O5S. The Balaban J connectivity index is 1.64. The van der Waals surface area contributed by atoms with Crippen LogP contribution in [0.15, 0.2) is 59.1 Å². The van der Waals surface area contributed by atoms with Gasteiger partial charge < -0.3 is 20.1 Å². The maximum atomic E-state index is 12.9. The molecule has 0 bridgehead atoms. The largest absolute Gasteiger partial charge is 0.497 e. The van der Waals surface area contributed by atoms with E-state index < -0.39 is 15.9 Å². The first-order chi connectivity index (χ1) is 16.3. The van der Waals surface area contributed by atoms with Crippen LogP contribution in [0.25, 0.3) is 0 Å². The van der Waals surface area contributed by atoms with Crippen LogP contribution in [0.2, 0.25) is 5.02 Å². The lowest BCUT2D eigenvalue weighted by atomic mass is 10.1. The van der Waals surface area contributed by atoms with E-state index in [1.807, 2.05) is 30.3 Å². The summed E-state index contributed by atoms with van der Waals surface area (Å²) in [6, 6.07) is 13.5. The van der Waals surface area contributed by atoms with Crippen LogP contribution in [0.3, 0.4) is 0 Å². The van der Waals surface area contributed by atoms with Crippen molar-refractivity contribution >= 4 is 33.2 Å². The second-order valence-electron chi connectivity index (χ2n) is 7.33.